The smallest absolute Gasteiger partial charge is 0.432 e. The van der Waals surface area contributed by atoms with E-state index in [1.807, 2.05) is 0 Å². The van der Waals surface area contributed by atoms with Gasteiger partial charge >= 0.3 is 13.0 Å². The molecular weight excluding hydrogens is 304 g/mol. The van der Waals surface area contributed by atoms with Gasteiger partial charge in [0.25, 0.3) is 5.52 Å². The highest BCUT2D eigenvalue weighted by Crippen LogP contribution is 2.30. The summed E-state index contributed by atoms with van der Waals surface area (Å²) in [7, 11) is 0. The highest BCUT2D eigenvalue weighted by Gasteiger charge is 2.60. The molecule has 0 aliphatic rings. The SMILES string of the molecule is F[B-](F)(O[n+]1cccc2ccc3ccccc3c21)C(F)(F)F. The summed E-state index contributed by atoms with van der Waals surface area (Å²) in [5.41, 5.74) is 0.159. The zero-order chi connectivity index (χ0) is 16.0. The van der Waals surface area contributed by atoms with Gasteiger partial charge in [0.05, 0.1) is 10.8 Å². The molecule has 0 N–H and O–H groups in total. The normalized spacial score (nSPS) is 12.8. The number of fused-ring (bicyclic) bond motifs is 3. The second-order valence-corrected chi connectivity index (χ2v) is 4.80. The quantitative estimate of drug-likeness (QED) is 0.304. The lowest BCUT2D eigenvalue weighted by Crippen LogP contribution is -2.62. The molecular formula is C14H9BF5NO. The molecule has 0 aliphatic carbocycles. The maximum Gasteiger partial charge on any atom is 0.658 e. The molecule has 3 aromatic rings. The maximum atomic E-state index is 13.2. The number of alkyl halides is 3. The van der Waals surface area contributed by atoms with Crippen molar-refractivity contribution in [3.8, 4) is 0 Å². The molecule has 0 radical (unpaired) electrons. The Morgan fingerprint density at radius 1 is 0.864 bits per heavy atom. The van der Waals surface area contributed by atoms with E-state index in [1.54, 1.807) is 42.5 Å². The summed E-state index contributed by atoms with van der Waals surface area (Å²) in [6.07, 6.45) is -4.70. The first kappa shape index (κ1) is 14.6. The van der Waals surface area contributed by atoms with Crippen LogP contribution in [0.4, 0.5) is 21.8 Å². The van der Waals surface area contributed by atoms with E-state index in [1.165, 1.54) is 6.07 Å². The number of halogens is 5. The highest BCUT2D eigenvalue weighted by molar-refractivity contribution is 6.61. The lowest BCUT2D eigenvalue weighted by Gasteiger charge is -2.23. The van der Waals surface area contributed by atoms with Gasteiger partial charge in [-0.1, -0.05) is 24.3 Å². The van der Waals surface area contributed by atoms with Crippen molar-refractivity contribution in [1.82, 2.24) is 0 Å². The van der Waals surface area contributed by atoms with E-state index in [0.29, 0.717) is 20.9 Å². The van der Waals surface area contributed by atoms with Crippen LogP contribution in [-0.4, -0.2) is 13.0 Å². The van der Waals surface area contributed by atoms with Gasteiger partial charge in [0, 0.05) is 6.07 Å². The van der Waals surface area contributed by atoms with Gasteiger partial charge in [0.15, 0.2) is 0 Å². The minimum Gasteiger partial charge on any atom is -0.432 e. The number of pyridine rings is 1. The van der Waals surface area contributed by atoms with Crippen LogP contribution in [-0.2, 0) is 0 Å². The summed E-state index contributed by atoms with van der Waals surface area (Å²) in [4.78, 5) is 0. The van der Waals surface area contributed by atoms with Crippen LogP contribution in [0.1, 0.15) is 0 Å². The molecule has 0 aliphatic heterocycles. The standard InChI is InChI=1S/C14H9BF5NO/c16-14(17,18)15(19,20)22-21-9-3-5-11-8-7-10-4-1-2-6-12(10)13(11)21/h1-9H. The first-order valence-corrected chi connectivity index (χ1v) is 6.39. The van der Waals surface area contributed by atoms with Crippen molar-refractivity contribution in [1.29, 1.82) is 0 Å². The Labute approximate surface area is 121 Å². The van der Waals surface area contributed by atoms with E-state index in [2.05, 4.69) is 4.76 Å². The first-order valence-electron chi connectivity index (χ1n) is 6.39. The number of aromatic nitrogens is 1. The topological polar surface area (TPSA) is 13.1 Å². The Bertz CT molecular complexity index is 849. The van der Waals surface area contributed by atoms with Crippen LogP contribution >= 0.6 is 0 Å². The van der Waals surface area contributed by atoms with Gasteiger partial charge in [-0.2, -0.15) is 0 Å². The van der Waals surface area contributed by atoms with Gasteiger partial charge in [-0.25, -0.2) is 13.2 Å². The number of benzene rings is 2. The van der Waals surface area contributed by atoms with Crippen molar-refractivity contribution in [3.63, 3.8) is 0 Å². The Morgan fingerprint density at radius 2 is 1.50 bits per heavy atom. The molecule has 1 heterocycles. The minimum absolute atomic E-state index is 0.159. The fraction of sp³-hybridized carbons (Fsp3) is 0.0714. The average molecular weight is 313 g/mol. The van der Waals surface area contributed by atoms with E-state index in [9.17, 15) is 21.8 Å². The van der Waals surface area contributed by atoms with E-state index in [0.717, 1.165) is 6.20 Å². The molecule has 3 rings (SSSR count). The molecule has 0 saturated carbocycles. The number of hydrogen-bond donors (Lipinski definition) is 0. The summed E-state index contributed by atoms with van der Waals surface area (Å²) in [5.74, 6) is 0. The van der Waals surface area contributed by atoms with Crippen molar-refractivity contribution in [3.05, 3.63) is 54.7 Å². The van der Waals surface area contributed by atoms with Crippen LogP contribution in [0.2, 0.25) is 0 Å². The third kappa shape index (κ3) is 2.34. The van der Waals surface area contributed by atoms with Gasteiger partial charge in [0.1, 0.15) is 0 Å². The Hall–Kier alpha value is -2.38. The zero-order valence-electron chi connectivity index (χ0n) is 11.0. The largest absolute Gasteiger partial charge is 0.658 e. The molecule has 0 atom stereocenters. The summed E-state index contributed by atoms with van der Waals surface area (Å²) in [6, 6.07) is 13.1. The van der Waals surface area contributed by atoms with Crippen molar-refractivity contribution in [2.24, 2.45) is 0 Å². The van der Waals surface area contributed by atoms with E-state index in [4.69, 9.17) is 0 Å². The average Bonchev–Trinajstić information content (AvgIpc) is 2.45. The Morgan fingerprint density at radius 3 is 2.23 bits per heavy atom. The van der Waals surface area contributed by atoms with Crippen LogP contribution in [0.5, 0.6) is 0 Å². The van der Waals surface area contributed by atoms with E-state index < -0.39 is 13.0 Å². The molecule has 0 saturated heterocycles. The molecule has 0 fully saturated rings. The van der Waals surface area contributed by atoms with Crippen LogP contribution in [0.25, 0.3) is 21.7 Å². The van der Waals surface area contributed by atoms with Gasteiger partial charge in [0.2, 0.25) is 6.20 Å². The number of hydrogen-bond acceptors (Lipinski definition) is 1. The van der Waals surface area contributed by atoms with Gasteiger partial charge in [-0.05, 0) is 28.3 Å². The van der Waals surface area contributed by atoms with E-state index in [-0.39, 0.29) is 5.52 Å². The zero-order valence-corrected chi connectivity index (χ0v) is 11.0. The van der Waals surface area contributed by atoms with Crippen molar-refractivity contribution >= 4 is 28.6 Å². The van der Waals surface area contributed by atoms with Gasteiger partial charge in [-0.3, -0.25) is 0 Å². The predicted octanol–water partition coefficient (Wildman–Crippen LogP) is 3.69. The third-order valence-electron chi connectivity index (χ3n) is 3.28. The second kappa shape index (κ2) is 4.83. The van der Waals surface area contributed by atoms with Crippen LogP contribution < -0.4 is 9.49 Å². The highest BCUT2D eigenvalue weighted by atomic mass is 19.4. The fourth-order valence-corrected chi connectivity index (χ4v) is 2.24. The van der Waals surface area contributed by atoms with Gasteiger partial charge in [-0.15, -0.1) is 0 Å². The molecule has 22 heavy (non-hydrogen) atoms. The number of rotatable bonds is 2. The van der Waals surface area contributed by atoms with Crippen molar-refractivity contribution in [2.45, 2.75) is 6.08 Å². The minimum atomic E-state index is -6.01. The summed E-state index contributed by atoms with van der Waals surface area (Å²) in [6.45, 7) is -6.01. The van der Waals surface area contributed by atoms with E-state index >= 15 is 0 Å². The van der Waals surface area contributed by atoms with Crippen LogP contribution in [0.15, 0.2) is 54.7 Å². The third-order valence-corrected chi connectivity index (χ3v) is 3.28. The molecule has 0 amide bonds. The first-order chi connectivity index (χ1) is 10.3. The summed E-state index contributed by atoms with van der Waals surface area (Å²) >= 11 is 0. The molecule has 114 valence electrons. The predicted molar refractivity (Wildman–Crippen MR) is 72.3 cm³/mol. The number of nitrogens with zero attached hydrogens (tertiary/aromatic N) is 1. The van der Waals surface area contributed by atoms with Gasteiger partial charge < -0.3 is 13.4 Å². The molecule has 1 aromatic heterocycles. The Kier molecular flexibility index (Phi) is 3.19. The monoisotopic (exact) mass is 313 g/mol. The second-order valence-electron chi connectivity index (χ2n) is 4.80. The lowest BCUT2D eigenvalue weighted by molar-refractivity contribution is -0.846. The lowest BCUT2D eigenvalue weighted by atomic mass is 9.87. The summed E-state index contributed by atoms with van der Waals surface area (Å²) in [5, 5.41) is 1.73. The maximum absolute atomic E-state index is 13.2. The molecule has 0 bridgehead atoms. The molecule has 0 unspecified atom stereocenters. The molecule has 0 spiro atoms. The molecule has 2 nitrogen and oxygen atoms in total. The fourth-order valence-electron chi connectivity index (χ4n) is 2.24. The van der Waals surface area contributed by atoms with Crippen molar-refractivity contribution in [2.75, 3.05) is 0 Å². The molecule has 2 aromatic carbocycles. The molecule has 8 heteroatoms. The summed E-state index contributed by atoms with van der Waals surface area (Å²) < 4.78 is 68.1. The Balaban J connectivity index is 2.24. The van der Waals surface area contributed by atoms with Crippen LogP contribution in [0, 0.1) is 0 Å². The van der Waals surface area contributed by atoms with Crippen molar-refractivity contribution < 1.29 is 31.3 Å². The van der Waals surface area contributed by atoms with Crippen LogP contribution in [0.3, 0.4) is 0 Å².